The maximum Gasteiger partial charge on any atom is 0.407 e. The summed E-state index contributed by atoms with van der Waals surface area (Å²) in [6, 6.07) is 13.9. The molecule has 2 saturated heterocycles. The van der Waals surface area contributed by atoms with Crippen molar-refractivity contribution in [2.24, 2.45) is 11.8 Å². The average Bonchev–Trinajstić information content (AvgIpc) is 4.09. The van der Waals surface area contributed by atoms with E-state index in [2.05, 4.69) is 25.6 Å². The monoisotopic (exact) mass is 794 g/mol. The molecule has 4 N–H and O–H groups in total. The third-order valence-corrected chi connectivity index (χ3v) is 10.9. The van der Waals surface area contributed by atoms with Gasteiger partial charge in [0, 0.05) is 13.0 Å². The summed E-state index contributed by atoms with van der Waals surface area (Å²) in [6.45, 7) is 8.97. The van der Waals surface area contributed by atoms with Crippen LogP contribution in [-0.2, 0) is 28.5 Å². The molecule has 2 unspecified atom stereocenters. The van der Waals surface area contributed by atoms with Crippen LogP contribution in [0.25, 0.3) is 33.6 Å². The first-order valence-corrected chi connectivity index (χ1v) is 19.5. The van der Waals surface area contributed by atoms with Gasteiger partial charge in [-0.1, -0.05) is 88.4 Å². The number of carbonyl (C=O) groups is 4. The molecule has 58 heavy (non-hydrogen) atoms. The van der Waals surface area contributed by atoms with Crippen molar-refractivity contribution in [1.82, 2.24) is 40.4 Å². The zero-order chi connectivity index (χ0) is 41.1. The fourth-order valence-electron chi connectivity index (χ4n) is 7.73. The number of nitrogens with one attached hydrogen (secondary N) is 4. The van der Waals surface area contributed by atoms with Crippen molar-refractivity contribution in [1.29, 1.82) is 0 Å². The minimum Gasteiger partial charge on any atom is -0.453 e. The van der Waals surface area contributed by atoms with Crippen LogP contribution in [0.3, 0.4) is 0 Å². The smallest absolute Gasteiger partial charge is 0.407 e. The highest BCUT2D eigenvalue weighted by Crippen LogP contribution is 2.43. The third kappa shape index (κ3) is 8.20. The Morgan fingerprint density at radius 3 is 1.69 bits per heavy atom. The van der Waals surface area contributed by atoms with Gasteiger partial charge in [0.05, 0.1) is 63.8 Å². The summed E-state index contributed by atoms with van der Waals surface area (Å²) in [6.07, 6.45) is 6.44. The molecule has 16 heteroatoms. The maximum atomic E-state index is 13.9. The number of rotatable bonds is 11. The molecule has 4 amide bonds. The first kappa shape index (κ1) is 40.2. The number of H-pyrrole nitrogens is 2. The van der Waals surface area contributed by atoms with Crippen molar-refractivity contribution in [2.45, 2.75) is 64.1 Å². The summed E-state index contributed by atoms with van der Waals surface area (Å²) < 4.78 is 21.6. The molecule has 3 aliphatic rings. The molecule has 2 aromatic heterocycles. The Kier molecular flexibility index (Phi) is 11.7. The highest BCUT2D eigenvalue weighted by molar-refractivity contribution is 5.87. The Bertz CT molecular complexity index is 2140. The molecule has 16 nitrogen and oxygen atoms in total. The number of amides is 4. The van der Waals surface area contributed by atoms with Crippen LogP contribution in [0.5, 0.6) is 0 Å². The molecule has 0 radical (unpaired) electrons. The molecule has 4 aromatic rings. The highest BCUT2D eigenvalue weighted by atomic mass is 16.7. The number of hydrogen-bond acceptors (Lipinski definition) is 10. The van der Waals surface area contributed by atoms with Crippen LogP contribution >= 0.6 is 0 Å². The fraction of sp³-hybridized carbons (Fsp3) is 0.429. The van der Waals surface area contributed by atoms with Gasteiger partial charge in [-0.15, -0.1) is 0 Å². The number of imidazole rings is 2. The van der Waals surface area contributed by atoms with E-state index in [1.807, 2.05) is 88.4 Å². The summed E-state index contributed by atoms with van der Waals surface area (Å²) in [5, 5.41) is 5.35. The molecule has 7 rings (SSSR count). The van der Waals surface area contributed by atoms with Crippen molar-refractivity contribution in [3.63, 3.8) is 0 Å². The van der Waals surface area contributed by atoms with Crippen molar-refractivity contribution >= 4 is 24.0 Å². The lowest BCUT2D eigenvalue weighted by Crippen LogP contribution is -2.52. The highest BCUT2D eigenvalue weighted by Gasteiger charge is 2.52. The van der Waals surface area contributed by atoms with Gasteiger partial charge in [0.25, 0.3) is 0 Å². The Balaban J connectivity index is 1.03. The standard InChI is InChI=1S/C42H50N8O8/c1-24(2)34(47-40(53)55-5)38(51)49-17-7-8-32(49)36-43-21-30(45-36)28-13-9-26(10-14-28)27-11-15-29(16-12-27)31-22-44-37(46-31)33-20-42(57-18-19-58-42)23-50(33)39(52)35(25(3)4)48-41(54)56-6/h7-16,21-22,24-25,32-35H,17-20,23H2,1-6H3,(H,43,45)(H,44,46)(H,47,53)(H,48,54)/t32?,33?,34-,35-/m0/s1. The maximum absolute atomic E-state index is 13.9. The number of carbonyl (C=O) groups excluding carboxylic acids is 4. The molecule has 0 aliphatic carbocycles. The third-order valence-electron chi connectivity index (χ3n) is 10.9. The van der Waals surface area contributed by atoms with Crippen molar-refractivity contribution in [3.05, 3.63) is 84.7 Å². The van der Waals surface area contributed by atoms with Crippen molar-refractivity contribution < 1.29 is 38.1 Å². The molecular weight excluding hydrogens is 745 g/mol. The number of aromatic nitrogens is 4. The lowest BCUT2D eigenvalue weighted by molar-refractivity contribution is -0.153. The lowest BCUT2D eigenvalue weighted by atomic mass is 10.0. The van der Waals surface area contributed by atoms with Crippen LogP contribution in [0.15, 0.2) is 73.1 Å². The Hall–Kier alpha value is -6.00. The van der Waals surface area contributed by atoms with Gasteiger partial charge in [0.15, 0.2) is 5.79 Å². The summed E-state index contributed by atoms with van der Waals surface area (Å²) >= 11 is 0. The second-order valence-electron chi connectivity index (χ2n) is 15.4. The van der Waals surface area contributed by atoms with E-state index in [1.54, 1.807) is 22.2 Å². The Morgan fingerprint density at radius 2 is 1.19 bits per heavy atom. The van der Waals surface area contributed by atoms with Gasteiger partial charge < -0.3 is 49.3 Å². The Morgan fingerprint density at radius 1 is 0.724 bits per heavy atom. The van der Waals surface area contributed by atoms with E-state index in [0.717, 1.165) is 33.6 Å². The van der Waals surface area contributed by atoms with Crippen LogP contribution in [0, 0.1) is 11.8 Å². The van der Waals surface area contributed by atoms with Gasteiger partial charge in [0.2, 0.25) is 11.8 Å². The Labute approximate surface area is 336 Å². The zero-order valence-corrected chi connectivity index (χ0v) is 33.5. The number of aromatic amines is 2. The van der Waals surface area contributed by atoms with Gasteiger partial charge in [-0.05, 0) is 34.1 Å². The van der Waals surface area contributed by atoms with Crippen LogP contribution in [-0.4, -0.2) is 112 Å². The van der Waals surface area contributed by atoms with Gasteiger partial charge >= 0.3 is 12.2 Å². The van der Waals surface area contributed by atoms with E-state index in [1.165, 1.54) is 14.2 Å². The number of benzene rings is 2. The second-order valence-corrected chi connectivity index (χ2v) is 15.4. The average molecular weight is 795 g/mol. The molecule has 2 fully saturated rings. The zero-order valence-electron chi connectivity index (χ0n) is 33.5. The summed E-state index contributed by atoms with van der Waals surface area (Å²) in [7, 11) is 2.54. The van der Waals surface area contributed by atoms with Crippen molar-refractivity contribution in [3.8, 4) is 33.6 Å². The minimum atomic E-state index is -0.936. The summed E-state index contributed by atoms with van der Waals surface area (Å²) in [5.74, 6) is -0.521. The molecule has 1 spiro atoms. The predicted molar refractivity (Wildman–Crippen MR) is 213 cm³/mol. The minimum absolute atomic E-state index is 0.140. The molecular formula is C42H50N8O8. The van der Waals surface area contributed by atoms with Gasteiger partial charge in [-0.2, -0.15) is 0 Å². The van der Waals surface area contributed by atoms with Gasteiger partial charge in [-0.25, -0.2) is 19.6 Å². The molecule has 306 valence electrons. The van der Waals surface area contributed by atoms with Crippen LogP contribution in [0.1, 0.15) is 57.8 Å². The first-order chi connectivity index (χ1) is 27.9. The molecule has 3 aliphatic heterocycles. The second kappa shape index (κ2) is 16.8. The number of ether oxygens (including phenoxy) is 4. The van der Waals surface area contributed by atoms with Crippen molar-refractivity contribution in [2.75, 3.05) is 40.5 Å². The van der Waals surface area contributed by atoms with Gasteiger partial charge in [-0.3, -0.25) is 9.59 Å². The van der Waals surface area contributed by atoms with E-state index in [0.29, 0.717) is 37.8 Å². The van der Waals surface area contributed by atoms with E-state index >= 15 is 0 Å². The summed E-state index contributed by atoms with van der Waals surface area (Å²) in [5.41, 5.74) is 5.51. The predicted octanol–water partition coefficient (Wildman–Crippen LogP) is 5.35. The number of alkyl carbamates (subject to hydrolysis) is 2. The SMILES string of the molecule is COC(=O)N[C@H](C(=O)N1CC=CC1c1ncc(-c2ccc(-c3ccc(-c4cnc(C5CC6(CN5C(=O)[C@@H](NC(=O)OC)C(C)C)OCCO6)[nH]4)cc3)cc2)[nH]1)C(C)C. The van der Waals surface area contributed by atoms with E-state index in [9.17, 15) is 19.2 Å². The first-order valence-electron chi connectivity index (χ1n) is 19.5. The fourth-order valence-corrected chi connectivity index (χ4v) is 7.73. The molecule has 0 saturated carbocycles. The van der Waals surface area contributed by atoms with E-state index < -0.39 is 42.1 Å². The van der Waals surface area contributed by atoms with Crippen LogP contribution in [0.2, 0.25) is 0 Å². The lowest BCUT2D eigenvalue weighted by Gasteiger charge is -2.30. The van der Waals surface area contributed by atoms with E-state index in [4.69, 9.17) is 23.9 Å². The largest absolute Gasteiger partial charge is 0.453 e. The van der Waals surface area contributed by atoms with E-state index in [-0.39, 0.29) is 30.2 Å². The topological polar surface area (TPSA) is 193 Å². The molecule has 0 bridgehead atoms. The number of methoxy groups -OCH3 is 2. The van der Waals surface area contributed by atoms with Crippen LogP contribution in [0.4, 0.5) is 9.59 Å². The molecule has 4 atom stereocenters. The molecule has 2 aromatic carbocycles. The normalized spacial score (nSPS) is 19.5. The quantitative estimate of drug-likeness (QED) is 0.144. The number of likely N-dealkylation sites (tertiary alicyclic amines) is 1. The van der Waals surface area contributed by atoms with Crippen LogP contribution < -0.4 is 10.6 Å². The van der Waals surface area contributed by atoms with Gasteiger partial charge in [0.1, 0.15) is 29.8 Å². The number of hydrogen-bond donors (Lipinski definition) is 4. The molecule has 5 heterocycles. The summed E-state index contributed by atoms with van der Waals surface area (Å²) in [4.78, 5) is 71.0. The number of nitrogens with zero attached hydrogens (tertiary/aromatic N) is 4.